The number of allylic oxidation sites excluding steroid dienone is 1. The van der Waals surface area contributed by atoms with Gasteiger partial charge in [0.15, 0.2) is 0 Å². The van der Waals surface area contributed by atoms with Gasteiger partial charge in [-0.25, -0.2) is 0 Å². The first kappa shape index (κ1) is 36.7. The Morgan fingerprint density at radius 1 is 0.432 bits per heavy atom. The van der Waals surface area contributed by atoms with Crippen molar-refractivity contribution in [3.05, 3.63) is 12.2 Å². The second-order valence-corrected chi connectivity index (χ2v) is 12.3. The molecule has 0 rings (SSSR count). The fourth-order valence-electron chi connectivity index (χ4n) is 5.84. The summed E-state index contributed by atoms with van der Waals surface area (Å²) in [6.07, 6.45) is 36.5. The Morgan fingerprint density at radius 3 is 1.32 bits per heavy atom. The van der Waals surface area contributed by atoms with E-state index in [1.165, 1.54) is 192 Å². The molecule has 0 amide bonds. The second-order valence-electron chi connectivity index (χ2n) is 12.3. The van der Waals surface area contributed by atoms with E-state index >= 15 is 0 Å². The van der Waals surface area contributed by atoms with Gasteiger partial charge < -0.3 is 4.90 Å². The molecule has 37 heavy (non-hydrogen) atoms. The fraction of sp³-hybridized carbons (Fsp3) is 0.944. The first-order valence-corrected chi connectivity index (χ1v) is 17.6. The summed E-state index contributed by atoms with van der Waals surface area (Å²) < 4.78 is 0. The molecule has 0 spiro atoms. The topological polar surface area (TPSA) is 3.24 Å². The van der Waals surface area contributed by atoms with Crippen molar-refractivity contribution in [3.63, 3.8) is 0 Å². The first-order valence-electron chi connectivity index (χ1n) is 17.6. The van der Waals surface area contributed by atoms with E-state index in [2.05, 4.69) is 39.2 Å². The monoisotopic (exact) mass is 520 g/mol. The quantitative estimate of drug-likeness (QED) is 0.0650. The molecule has 0 unspecified atom stereocenters. The van der Waals surface area contributed by atoms with Crippen LogP contribution in [0.15, 0.2) is 12.2 Å². The van der Waals surface area contributed by atoms with Crippen molar-refractivity contribution in [2.75, 3.05) is 19.6 Å². The number of unbranched alkanes of at least 4 members (excludes halogenated alkanes) is 15. The predicted octanol–water partition coefficient (Wildman–Crippen LogP) is 12.7. The molecule has 0 aromatic carbocycles. The van der Waals surface area contributed by atoms with Gasteiger partial charge >= 0.3 is 0 Å². The smallest absolute Gasteiger partial charge is 0.00187 e. The summed E-state index contributed by atoms with van der Waals surface area (Å²) in [6.45, 7) is 17.8. The molecule has 1 heteroatoms. The van der Waals surface area contributed by atoms with Gasteiger partial charge in [-0.1, -0.05) is 162 Å². The lowest BCUT2D eigenvalue weighted by Gasteiger charge is -2.22. The van der Waals surface area contributed by atoms with Gasteiger partial charge in [0.1, 0.15) is 0 Å². The maximum atomic E-state index is 4.44. The molecule has 0 N–H and O–H groups in total. The van der Waals surface area contributed by atoms with Crippen molar-refractivity contribution in [2.45, 2.75) is 195 Å². The zero-order chi connectivity index (χ0) is 27.2. The Morgan fingerprint density at radius 2 is 0.784 bits per heavy atom. The summed E-state index contributed by atoms with van der Waals surface area (Å²) >= 11 is 0. The van der Waals surface area contributed by atoms with Crippen molar-refractivity contribution in [1.82, 2.24) is 4.90 Å². The van der Waals surface area contributed by atoms with E-state index in [4.69, 9.17) is 0 Å². The van der Waals surface area contributed by atoms with Crippen molar-refractivity contribution in [3.8, 4) is 0 Å². The highest BCUT2D eigenvalue weighted by Gasteiger charge is 2.09. The van der Waals surface area contributed by atoms with Gasteiger partial charge in [-0.3, -0.25) is 0 Å². The molecule has 0 radical (unpaired) electrons. The van der Waals surface area contributed by atoms with Crippen LogP contribution >= 0.6 is 0 Å². The Kier molecular flexibility index (Phi) is 30.0. The van der Waals surface area contributed by atoms with E-state index in [9.17, 15) is 0 Å². The zero-order valence-electron chi connectivity index (χ0n) is 26.7. The van der Waals surface area contributed by atoms with Crippen molar-refractivity contribution in [1.29, 1.82) is 0 Å². The molecule has 0 aromatic rings. The van der Waals surface area contributed by atoms with Crippen LogP contribution in [0.4, 0.5) is 0 Å². The molecule has 0 aliphatic heterocycles. The predicted molar refractivity (Wildman–Crippen MR) is 172 cm³/mol. The van der Waals surface area contributed by atoms with E-state index < -0.39 is 0 Å². The van der Waals surface area contributed by atoms with Crippen LogP contribution in [0.3, 0.4) is 0 Å². The molecule has 0 fully saturated rings. The molecule has 0 saturated heterocycles. The van der Waals surface area contributed by atoms with Crippen LogP contribution in [0.5, 0.6) is 0 Å². The number of nitrogens with zero attached hydrogens (tertiary/aromatic N) is 1. The summed E-state index contributed by atoms with van der Waals surface area (Å²) in [4.78, 5) is 2.79. The Bertz CT molecular complexity index is 432. The van der Waals surface area contributed by atoms with Gasteiger partial charge in [0, 0.05) is 0 Å². The molecule has 0 aliphatic rings. The van der Waals surface area contributed by atoms with Crippen LogP contribution in [0.2, 0.25) is 0 Å². The van der Waals surface area contributed by atoms with E-state index in [0.717, 1.165) is 5.92 Å². The average Bonchev–Trinajstić information content (AvgIpc) is 2.89. The van der Waals surface area contributed by atoms with Crippen LogP contribution in [0.1, 0.15) is 195 Å². The van der Waals surface area contributed by atoms with E-state index in [0.29, 0.717) is 0 Å². The minimum atomic E-state index is 0.980. The van der Waals surface area contributed by atoms with Gasteiger partial charge in [0.05, 0.1) is 0 Å². The highest BCUT2D eigenvalue weighted by molar-refractivity contribution is 4.93. The van der Waals surface area contributed by atoms with Gasteiger partial charge in [-0.05, 0) is 70.5 Å². The lowest BCUT2D eigenvalue weighted by atomic mass is 9.89. The first-order chi connectivity index (χ1) is 18.2. The number of hydrogen-bond donors (Lipinski definition) is 0. The summed E-state index contributed by atoms with van der Waals surface area (Å²) in [5, 5.41) is 0. The summed E-state index contributed by atoms with van der Waals surface area (Å²) in [5.41, 5.74) is 1.53. The maximum absolute atomic E-state index is 4.44. The number of hydrogen-bond acceptors (Lipinski definition) is 1. The maximum Gasteiger partial charge on any atom is -0.00187 e. The normalized spacial score (nSPS) is 11.7. The van der Waals surface area contributed by atoms with E-state index in [1.54, 1.807) is 0 Å². The molecule has 0 aliphatic carbocycles. The molecule has 0 atom stereocenters. The minimum Gasteiger partial charge on any atom is -0.303 e. The fourth-order valence-corrected chi connectivity index (χ4v) is 5.84. The molecule has 0 aromatic heterocycles. The molecular formula is C36H73N. The van der Waals surface area contributed by atoms with Gasteiger partial charge in [-0.2, -0.15) is 0 Å². The summed E-state index contributed by atoms with van der Waals surface area (Å²) in [7, 11) is 0. The number of rotatable bonds is 31. The highest BCUT2D eigenvalue weighted by atomic mass is 15.1. The standard InChI is InChI=1S/C36H73N/c1-6-10-14-15-18-24-33-37(32-23-13-9-4)34-25-19-16-17-22-27-35(5)28-26-31-36(29-20-11-7-2)30-21-12-8-3/h36H,5-34H2,1-4H3. The molecule has 0 bridgehead atoms. The molecule has 222 valence electrons. The van der Waals surface area contributed by atoms with Crippen LogP contribution in [0, 0.1) is 5.92 Å². The SMILES string of the molecule is C=C(CCCCCCCN(CCCCC)CCCCCCCC)CCCC(CCCCC)CCCCC. The van der Waals surface area contributed by atoms with Crippen molar-refractivity contribution < 1.29 is 0 Å². The van der Waals surface area contributed by atoms with Gasteiger partial charge in [0.25, 0.3) is 0 Å². The third-order valence-electron chi connectivity index (χ3n) is 8.49. The summed E-state index contributed by atoms with van der Waals surface area (Å²) in [5.74, 6) is 0.980. The van der Waals surface area contributed by atoms with Gasteiger partial charge in [0.2, 0.25) is 0 Å². The summed E-state index contributed by atoms with van der Waals surface area (Å²) in [6, 6.07) is 0. The molecule has 0 heterocycles. The van der Waals surface area contributed by atoms with Crippen LogP contribution in [-0.2, 0) is 0 Å². The lowest BCUT2D eigenvalue weighted by molar-refractivity contribution is 0.255. The second kappa shape index (κ2) is 30.2. The minimum absolute atomic E-state index is 0.980. The van der Waals surface area contributed by atoms with Crippen LogP contribution in [-0.4, -0.2) is 24.5 Å². The van der Waals surface area contributed by atoms with Crippen molar-refractivity contribution in [2.24, 2.45) is 5.92 Å². The zero-order valence-corrected chi connectivity index (χ0v) is 26.7. The Balaban J connectivity index is 3.89. The average molecular weight is 520 g/mol. The van der Waals surface area contributed by atoms with Gasteiger partial charge in [-0.15, -0.1) is 0 Å². The Hall–Kier alpha value is -0.300. The molecule has 1 nitrogen and oxygen atoms in total. The molecular weight excluding hydrogens is 446 g/mol. The van der Waals surface area contributed by atoms with E-state index in [1.807, 2.05) is 0 Å². The third-order valence-corrected chi connectivity index (χ3v) is 8.49. The van der Waals surface area contributed by atoms with Crippen LogP contribution in [0.25, 0.3) is 0 Å². The molecule has 0 saturated carbocycles. The van der Waals surface area contributed by atoms with Crippen molar-refractivity contribution >= 4 is 0 Å². The largest absolute Gasteiger partial charge is 0.303 e. The Labute approximate surface area is 237 Å². The third kappa shape index (κ3) is 27.1. The van der Waals surface area contributed by atoms with E-state index in [-0.39, 0.29) is 0 Å². The van der Waals surface area contributed by atoms with Crippen LogP contribution < -0.4 is 0 Å². The highest BCUT2D eigenvalue weighted by Crippen LogP contribution is 2.25. The lowest BCUT2D eigenvalue weighted by Crippen LogP contribution is -2.27.